The third kappa shape index (κ3) is 3.51. The summed E-state index contributed by atoms with van der Waals surface area (Å²) in [6.45, 7) is 4.97. The van der Waals surface area contributed by atoms with Crippen LogP contribution >= 0.6 is 0 Å². The monoisotopic (exact) mass is 233 g/mol. The maximum atomic E-state index is 11.7. The Hall–Kier alpha value is -1.45. The molecule has 2 rings (SSSR count). The van der Waals surface area contributed by atoms with Crippen molar-refractivity contribution in [3.63, 3.8) is 0 Å². The highest BCUT2D eigenvalue weighted by molar-refractivity contribution is 5.91. The molecule has 0 atom stereocenters. The molecule has 0 radical (unpaired) electrons. The molecule has 0 aromatic carbocycles. The predicted octanol–water partition coefficient (Wildman–Crippen LogP) is 2.13. The molecule has 4 nitrogen and oxygen atoms in total. The van der Waals surface area contributed by atoms with Crippen LogP contribution in [0.2, 0.25) is 0 Å². The van der Waals surface area contributed by atoms with Gasteiger partial charge in [-0.2, -0.15) is 5.10 Å². The summed E-state index contributed by atoms with van der Waals surface area (Å²) < 4.78 is 0. The fourth-order valence-electron chi connectivity index (χ4n) is 1.63. The maximum Gasteiger partial charge on any atom is 0.271 e. The van der Waals surface area contributed by atoms with Gasteiger partial charge in [0.25, 0.3) is 5.91 Å². The van der Waals surface area contributed by atoms with Crippen LogP contribution in [-0.2, 0) is 0 Å². The Morgan fingerprint density at radius 1 is 1.41 bits per heavy atom. The van der Waals surface area contributed by atoms with Gasteiger partial charge in [-0.15, -0.1) is 5.10 Å². The number of hydrogen-bond acceptors (Lipinski definition) is 3. The van der Waals surface area contributed by atoms with Crippen molar-refractivity contribution < 1.29 is 4.79 Å². The normalized spacial score (nSPS) is 15.0. The second-order valence-electron chi connectivity index (χ2n) is 5.06. The SMILES string of the molecule is CC(C)CCNC(=O)c1ccc(C2CC2)nn1. The minimum atomic E-state index is -0.125. The van der Waals surface area contributed by atoms with Crippen LogP contribution in [-0.4, -0.2) is 22.6 Å². The van der Waals surface area contributed by atoms with Gasteiger partial charge < -0.3 is 5.32 Å². The van der Waals surface area contributed by atoms with Crippen molar-refractivity contribution >= 4 is 5.91 Å². The van der Waals surface area contributed by atoms with Crippen molar-refractivity contribution in [3.8, 4) is 0 Å². The topological polar surface area (TPSA) is 54.9 Å². The Balaban J connectivity index is 1.85. The molecule has 4 heteroatoms. The fourth-order valence-corrected chi connectivity index (χ4v) is 1.63. The molecule has 1 amide bonds. The van der Waals surface area contributed by atoms with Crippen LogP contribution < -0.4 is 5.32 Å². The van der Waals surface area contributed by atoms with E-state index in [0.29, 0.717) is 24.1 Å². The van der Waals surface area contributed by atoms with Gasteiger partial charge in [0.1, 0.15) is 0 Å². The molecular weight excluding hydrogens is 214 g/mol. The van der Waals surface area contributed by atoms with E-state index in [1.165, 1.54) is 12.8 Å². The maximum absolute atomic E-state index is 11.7. The molecule has 0 aliphatic heterocycles. The number of carbonyl (C=O) groups is 1. The van der Waals surface area contributed by atoms with Crippen LogP contribution in [0, 0.1) is 5.92 Å². The summed E-state index contributed by atoms with van der Waals surface area (Å²) in [5.74, 6) is 1.06. The van der Waals surface area contributed by atoms with Gasteiger partial charge in [0.2, 0.25) is 0 Å². The van der Waals surface area contributed by atoms with Gasteiger partial charge in [0, 0.05) is 12.5 Å². The number of nitrogens with zero attached hydrogens (tertiary/aromatic N) is 2. The molecule has 0 spiro atoms. The number of nitrogens with one attached hydrogen (secondary N) is 1. The molecular formula is C13H19N3O. The first-order valence-corrected chi connectivity index (χ1v) is 6.28. The number of rotatable bonds is 5. The van der Waals surface area contributed by atoms with Gasteiger partial charge in [0.15, 0.2) is 5.69 Å². The lowest BCUT2D eigenvalue weighted by molar-refractivity contribution is 0.0946. The molecule has 1 aromatic heterocycles. The van der Waals surface area contributed by atoms with Crippen molar-refractivity contribution in [2.24, 2.45) is 5.92 Å². The van der Waals surface area contributed by atoms with Crippen molar-refractivity contribution in [3.05, 3.63) is 23.5 Å². The third-order valence-corrected chi connectivity index (χ3v) is 2.92. The number of amides is 1. The lowest BCUT2D eigenvalue weighted by atomic mass is 10.1. The van der Waals surface area contributed by atoms with Crippen LogP contribution in [0.4, 0.5) is 0 Å². The summed E-state index contributed by atoms with van der Waals surface area (Å²) in [5.41, 5.74) is 1.43. The number of carbonyl (C=O) groups excluding carboxylic acids is 1. The van der Waals surface area contributed by atoms with E-state index >= 15 is 0 Å². The Morgan fingerprint density at radius 3 is 2.71 bits per heavy atom. The van der Waals surface area contributed by atoms with Crippen molar-refractivity contribution in [2.45, 2.75) is 39.0 Å². The third-order valence-electron chi connectivity index (χ3n) is 2.92. The molecule has 0 unspecified atom stereocenters. The zero-order chi connectivity index (χ0) is 12.3. The molecule has 1 aliphatic carbocycles. The van der Waals surface area contributed by atoms with Crippen molar-refractivity contribution in [2.75, 3.05) is 6.54 Å². The van der Waals surface area contributed by atoms with Gasteiger partial charge in [0.05, 0.1) is 5.69 Å². The highest BCUT2D eigenvalue weighted by Crippen LogP contribution is 2.38. The van der Waals surface area contributed by atoms with Crippen LogP contribution in [0.15, 0.2) is 12.1 Å². The Morgan fingerprint density at radius 2 is 2.18 bits per heavy atom. The fraction of sp³-hybridized carbons (Fsp3) is 0.615. The predicted molar refractivity (Wildman–Crippen MR) is 65.8 cm³/mol. The number of hydrogen-bond donors (Lipinski definition) is 1. The lowest BCUT2D eigenvalue weighted by Crippen LogP contribution is -2.26. The van der Waals surface area contributed by atoms with Crippen LogP contribution in [0.25, 0.3) is 0 Å². The van der Waals surface area contributed by atoms with Crippen LogP contribution in [0.3, 0.4) is 0 Å². The first kappa shape index (κ1) is 12.0. The molecule has 17 heavy (non-hydrogen) atoms. The standard InChI is InChI=1S/C13H19N3O/c1-9(2)7-8-14-13(17)12-6-5-11(15-16-12)10-3-4-10/h5-6,9-10H,3-4,7-8H2,1-2H3,(H,14,17). The van der Waals surface area contributed by atoms with Gasteiger partial charge in [-0.05, 0) is 37.3 Å². The second kappa shape index (κ2) is 5.25. The summed E-state index contributed by atoms with van der Waals surface area (Å²) in [6, 6.07) is 3.69. The second-order valence-corrected chi connectivity index (χ2v) is 5.06. The van der Waals surface area contributed by atoms with E-state index in [1.54, 1.807) is 6.07 Å². The minimum Gasteiger partial charge on any atom is -0.351 e. The summed E-state index contributed by atoms with van der Waals surface area (Å²) in [7, 11) is 0. The molecule has 1 aliphatic rings. The minimum absolute atomic E-state index is 0.125. The van der Waals surface area contributed by atoms with Crippen LogP contribution in [0.1, 0.15) is 55.2 Å². The molecule has 1 saturated carbocycles. The Bertz CT molecular complexity index is 382. The highest BCUT2D eigenvalue weighted by atomic mass is 16.1. The summed E-state index contributed by atoms with van der Waals surface area (Å²) in [4.78, 5) is 11.7. The molecule has 0 saturated heterocycles. The molecule has 92 valence electrons. The molecule has 1 fully saturated rings. The molecule has 0 bridgehead atoms. The zero-order valence-corrected chi connectivity index (χ0v) is 10.4. The number of aromatic nitrogens is 2. The van der Waals surface area contributed by atoms with Crippen molar-refractivity contribution in [1.29, 1.82) is 0 Å². The largest absolute Gasteiger partial charge is 0.351 e. The quantitative estimate of drug-likeness (QED) is 0.847. The summed E-state index contributed by atoms with van der Waals surface area (Å²) in [5, 5.41) is 10.9. The van der Waals surface area contributed by atoms with Gasteiger partial charge in [-0.1, -0.05) is 13.8 Å². The lowest BCUT2D eigenvalue weighted by Gasteiger charge is -2.06. The Labute approximate surface area is 102 Å². The van der Waals surface area contributed by atoms with E-state index in [2.05, 4.69) is 29.4 Å². The van der Waals surface area contributed by atoms with E-state index < -0.39 is 0 Å². The van der Waals surface area contributed by atoms with E-state index in [-0.39, 0.29) is 5.91 Å². The first-order chi connectivity index (χ1) is 8.16. The highest BCUT2D eigenvalue weighted by Gasteiger charge is 2.25. The zero-order valence-electron chi connectivity index (χ0n) is 10.4. The van der Waals surface area contributed by atoms with Crippen LogP contribution in [0.5, 0.6) is 0 Å². The van der Waals surface area contributed by atoms with E-state index in [1.807, 2.05) is 6.07 Å². The van der Waals surface area contributed by atoms with Gasteiger partial charge >= 0.3 is 0 Å². The van der Waals surface area contributed by atoms with Crippen molar-refractivity contribution in [1.82, 2.24) is 15.5 Å². The van der Waals surface area contributed by atoms with E-state index in [0.717, 1.165) is 12.1 Å². The summed E-state index contributed by atoms with van der Waals surface area (Å²) >= 11 is 0. The first-order valence-electron chi connectivity index (χ1n) is 6.28. The van der Waals surface area contributed by atoms with Gasteiger partial charge in [-0.25, -0.2) is 0 Å². The average molecular weight is 233 g/mol. The molecule has 1 heterocycles. The summed E-state index contributed by atoms with van der Waals surface area (Å²) in [6.07, 6.45) is 3.39. The van der Waals surface area contributed by atoms with E-state index in [4.69, 9.17) is 0 Å². The molecule has 1 N–H and O–H groups in total. The molecule has 1 aromatic rings. The Kier molecular flexibility index (Phi) is 3.71. The smallest absolute Gasteiger partial charge is 0.271 e. The van der Waals surface area contributed by atoms with Gasteiger partial charge in [-0.3, -0.25) is 4.79 Å². The average Bonchev–Trinajstić information content (AvgIpc) is 3.12. The van der Waals surface area contributed by atoms with E-state index in [9.17, 15) is 4.79 Å².